The van der Waals surface area contributed by atoms with E-state index in [2.05, 4.69) is 5.32 Å². The van der Waals surface area contributed by atoms with Crippen LogP contribution in [0.2, 0.25) is 0 Å². The highest BCUT2D eigenvalue weighted by atomic mass is 19.4. The minimum absolute atomic E-state index is 0.295. The van der Waals surface area contributed by atoms with Gasteiger partial charge in [-0.05, 0) is 48.5 Å². The number of nitrogens with one attached hydrogen (secondary N) is 1. The van der Waals surface area contributed by atoms with Crippen LogP contribution in [0.4, 0.5) is 18.9 Å². The fraction of sp³-hybridized carbons (Fsp3) is 0.105. The molecule has 4 nitrogen and oxygen atoms in total. The van der Waals surface area contributed by atoms with Gasteiger partial charge in [0.1, 0.15) is 5.75 Å². The van der Waals surface area contributed by atoms with E-state index in [1.165, 1.54) is 18.2 Å². The maximum atomic E-state index is 12.9. The zero-order valence-corrected chi connectivity index (χ0v) is 13.5. The molecule has 0 radical (unpaired) electrons. The number of nitrogens with zero attached hydrogens (tertiary/aromatic N) is 1. The van der Waals surface area contributed by atoms with Gasteiger partial charge in [0.25, 0.3) is 5.91 Å². The Kier molecular flexibility index (Phi) is 4.97. The number of hydrogen-bond donors (Lipinski definition) is 1. The first-order chi connectivity index (χ1) is 12.4. The van der Waals surface area contributed by atoms with Gasteiger partial charge in [0.2, 0.25) is 0 Å². The fourth-order valence-corrected chi connectivity index (χ4v) is 2.40. The van der Waals surface area contributed by atoms with Crippen LogP contribution in [0.1, 0.15) is 5.56 Å². The first kappa shape index (κ1) is 17.6. The predicted octanol–water partition coefficient (Wildman–Crippen LogP) is 4.51. The third-order valence-corrected chi connectivity index (χ3v) is 3.62. The quantitative estimate of drug-likeness (QED) is 0.727. The van der Waals surface area contributed by atoms with Crippen LogP contribution in [0.5, 0.6) is 5.75 Å². The molecule has 134 valence electrons. The number of alkyl halides is 3. The number of benzene rings is 2. The molecule has 26 heavy (non-hydrogen) atoms. The molecule has 3 aromatic rings. The summed E-state index contributed by atoms with van der Waals surface area (Å²) in [6, 6.07) is 15.6. The van der Waals surface area contributed by atoms with E-state index in [9.17, 15) is 18.0 Å². The number of carbonyl (C=O) groups is 1. The SMILES string of the molecule is O=C(COc1ccc(-n2cccc2)cc1)Nc1ccccc1C(F)(F)F. The lowest BCUT2D eigenvalue weighted by atomic mass is 10.1. The van der Waals surface area contributed by atoms with Crippen LogP contribution in [0, 0.1) is 0 Å². The summed E-state index contributed by atoms with van der Waals surface area (Å²) in [4.78, 5) is 11.9. The molecule has 7 heteroatoms. The van der Waals surface area contributed by atoms with Crippen LogP contribution < -0.4 is 10.1 Å². The molecule has 2 aromatic carbocycles. The Hall–Kier alpha value is -3.22. The minimum atomic E-state index is -4.54. The van der Waals surface area contributed by atoms with Crippen LogP contribution in [0.15, 0.2) is 73.1 Å². The van der Waals surface area contributed by atoms with Crippen LogP contribution >= 0.6 is 0 Å². The Labute approximate surface area is 147 Å². The fourth-order valence-electron chi connectivity index (χ4n) is 2.40. The third kappa shape index (κ3) is 4.24. The zero-order valence-electron chi connectivity index (χ0n) is 13.5. The standard InChI is InChI=1S/C19H15F3N2O2/c20-19(21,22)16-5-1-2-6-17(16)23-18(25)13-26-15-9-7-14(8-10-15)24-11-3-4-12-24/h1-12H,13H2,(H,23,25). The van der Waals surface area contributed by atoms with Gasteiger partial charge in [-0.3, -0.25) is 4.79 Å². The Morgan fingerprint density at radius 2 is 1.62 bits per heavy atom. The van der Waals surface area contributed by atoms with Gasteiger partial charge in [-0.2, -0.15) is 13.2 Å². The normalized spacial score (nSPS) is 11.2. The lowest BCUT2D eigenvalue weighted by molar-refractivity contribution is -0.137. The molecular formula is C19H15F3N2O2. The molecule has 0 saturated carbocycles. The molecule has 0 unspecified atom stereocenters. The number of anilines is 1. The maximum Gasteiger partial charge on any atom is 0.418 e. The molecule has 0 aliphatic carbocycles. The monoisotopic (exact) mass is 360 g/mol. The van der Waals surface area contributed by atoms with E-state index in [1.807, 2.05) is 41.2 Å². The number of rotatable bonds is 5. The Morgan fingerprint density at radius 3 is 2.27 bits per heavy atom. The summed E-state index contributed by atoms with van der Waals surface area (Å²) in [6.07, 6.45) is -0.762. The second-order valence-corrected chi connectivity index (χ2v) is 5.46. The average Bonchev–Trinajstić information content (AvgIpc) is 3.15. The highest BCUT2D eigenvalue weighted by Crippen LogP contribution is 2.34. The predicted molar refractivity (Wildman–Crippen MR) is 91.3 cm³/mol. The Bertz CT molecular complexity index is 873. The lowest BCUT2D eigenvalue weighted by Gasteiger charge is -2.14. The van der Waals surface area contributed by atoms with E-state index >= 15 is 0 Å². The first-order valence-corrected chi connectivity index (χ1v) is 7.76. The summed E-state index contributed by atoms with van der Waals surface area (Å²) < 4.78 is 46.0. The summed E-state index contributed by atoms with van der Waals surface area (Å²) in [5, 5.41) is 2.23. The Morgan fingerprint density at radius 1 is 0.962 bits per heavy atom. The molecule has 0 fully saturated rings. The lowest BCUT2D eigenvalue weighted by Crippen LogP contribution is -2.22. The van der Waals surface area contributed by atoms with Crippen LogP contribution in [0.3, 0.4) is 0 Å². The summed E-state index contributed by atoms with van der Waals surface area (Å²) >= 11 is 0. The van der Waals surface area contributed by atoms with Gasteiger partial charge >= 0.3 is 6.18 Å². The van der Waals surface area contributed by atoms with Gasteiger partial charge < -0.3 is 14.6 Å². The number of aromatic nitrogens is 1. The van der Waals surface area contributed by atoms with E-state index in [4.69, 9.17) is 4.74 Å². The van der Waals surface area contributed by atoms with Crippen molar-refractivity contribution in [3.63, 3.8) is 0 Å². The maximum absolute atomic E-state index is 12.9. The number of para-hydroxylation sites is 1. The van der Waals surface area contributed by atoms with Crippen molar-refractivity contribution in [1.82, 2.24) is 4.57 Å². The third-order valence-electron chi connectivity index (χ3n) is 3.62. The van der Waals surface area contributed by atoms with Gasteiger partial charge in [0.05, 0.1) is 11.3 Å². The zero-order chi connectivity index (χ0) is 18.6. The Balaban J connectivity index is 1.60. The van der Waals surface area contributed by atoms with Crippen LogP contribution in [0.25, 0.3) is 5.69 Å². The molecular weight excluding hydrogens is 345 g/mol. The van der Waals surface area contributed by atoms with E-state index in [1.54, 1.807) is 12.1 Å². The average molecular weight is 360 g/mol. The van der Waals surface area contributed by atoms with Crippen LogP contribution in [-0.2, 0) is 11.0 Å². The highest BCUT2D eigenvalue weighted by Gasteiger charge is 2.33. The summed E-state index contributed by atoms with van der Waals surface area (Å²) in [5.74, 6) is -0.226. The molecule has 0 aliphatic rings. The van der Waals surface area contributed by atoms with Crippen molar-refractivity contribution in [1.29, 1.82) is 0 Å². The highest BCUT2D eigenvalue weighted by molar-refractivity contribution is 5.92. The second kappa shape index (κ2) is 7.35. The number of halogens is 3. The largest absolute Gasteiger partial charge is 0.484 e. The van der Waals surface area contributed by atoms with Crippen molar-refractivity contribution in [2.24, 2.45) is 0 Å². The number of amides is 1. The van der Waals surface area contributed by atoms with E-state index < -0.39 is 24.3 Å². The summed E-state index contributed by atoms with van der Waals surface area (Å²) in [7, 11) is 0. The topological polar surface area (TPSA) is 43.3 Å². The second-order valence-electron chi connectivity index (χ2n) is 5.46. The minimum Gasteiger partial charge on any atom is -0.484 e. The van der Waals surface area contributed by atoms with Crippen LogP contribution in [-0.4, -0.2) is 17.1 Å². The number of carbonyl (C=O) groups excluding carboxylic acids is 1. The van der Waals surface area contributed by atoms with Crippen molar-refractivity contribution in [3.8, 4) is 11.4 Å². The van der Waals surface area contributed by atoms with E-state index in [0.29, 0.717) is 5.75 Å². The van der Waals surface area contributed by atoms with Gasteiger partial charge in [0, 0.05) is 18.1 Å². The van der Waals surface area contributed by atoms with Crippen molar-refractivity contribution < 1.29 is 22.7 Å². The number of ether oxygens (including phenoxy) is 1. The van der Waals surface area contributed by atoms with Gasteiger partial charge in [-0.15, -0.1) is 0 Å². The molecule has 0 aliphatic heterocycles. The van der Waals surface area contributed by atoms with Crippen molar-refractivity contribution in [2.75, 3.05) is 11.9 Å². The molecule has 0 spiro atoms. The smallest absolute Gasteiger partial charge is 0.418 e. The van der Waals surface area contributed by atoms with E-state index in [-0.39, 0.29) is 5.69 Å². The molecule has 3 rings (SSSR count). The molecule has 1 heterocycles. The number of hydrogen-bond acceptors (Lipinski definition) is 2. The molecule has 0 atom stereocenters. The van der Waals surface area contributed by atoms with Gasteiger partial charge in [-0.1, -0.05) is 12.1 Å². The molecule has 0 saturated heterocycles. The summed E-state index contributed by atoms with van der Waals surface area (Å²) in [5.41, 5.74) is -0.271. The summed E-state index contributed by atoms with van der Waals surface area (Å²) in [6.45, 7) is -0.394. The first-order valence-electron chi connectivity index (χ1n) is 7.76. The molecule has 0 bridgehead atoms. The van der Waals surface area contributed by atoms with E-state index in [0.717, 1.165) is 11.8 Å². The van der Waals surface area contributed by atoms with Crippen molar-refractivity contribution in [2.45, 2.75) is 6.18 Å². The van der Waals surface area contributed by atoms with Crippen molar-refractivity contribution >= 4 is 11.6 Å². The molecule has 1 N–H and O–H groups in total. The molecule has 1 aromatic heterocycles. The van der Waals surface area contributed by atoms with Crippen molar-refractivity contribution in [3.05, 3.63) is 78.6 Å². The van der Waals surface area contributed by atoms with Gasteiger partial charge in [0.15, 0.2) is 6.61 Å². The molecule has 1 amide bonds. The van der Waals surface area contributed by atoms with Gasteiger partial charge in [-0.25, -0.2) is 0 Å².